The van der Waals surface area contributed by atoms with E-state index in [-0.39, 0.29) is 24.4 Å². The molecule has 0 bridgehead atoms. The number of aliphatic hydroxyl groups excluding tert-OH is 1. The summed E-state index contributed by atoms with van der Waals surface area (Å²) in [6.07, 6.45) is 0. The van der Waals surface area contributed by atoms with Crippen LogP contribution in [0.25, 0.3) is 0 Å². The number of rotatable bonds is 3. The number of carbonyl (C=O) groups is 1. The lowest BCUT2D eigenvalue weighted by molar-refractivity contribution is 0.0775. The van der Waals surface area contributed by atoms with Crippen molar-refractivity contribution in [2.24, 2.45) is 5.92 Å². The molecule has 4 nitrogen and oxygen atoms in total. The molecule has 1 aliphatic heterocycles. The number of hydrogen-bond acceptors (Lipinski definition) is 2. The second kappa shape index (κ2) is 5.14. The summed E-state index contributed by atoms with van der Waals surface area (Å²) < 4.78 is 12.6. The molecule has 0 unspecified atom stereocenters. The van der Waals surface area contributed by atoms with Crippen molar-refractivity contribution in [3.05, 3.63) is 35.6 Å². The van der Waals surface area contributed by atoms with Gasteiger partial charge in [0.2, 0.25) is 0 Å². The van der Waals surface area contributed by atoms with Crippen LogP contribution in [-0.2, 0) is 6.54 Å². The Hall–Kier alpha value is -1.62. The van der Waals surface area contributed by atoms with E-state index in [0.29, 0.717) is 19.6 Å². The molecular formula is C12H15FN2O2. The van der Waals surface area contributed by atoms with E-state index >= 15 is 0 Å². The number of likely N-dealkylation sites (tertiary alicyclic amines) is 1. The number of amides is 2. The van der Waals surface area contributed by atoms with E-state index in [1.54, 1.807) is 17.0 Å². The molecule has 0 spiro atoms. The number of benzene rings is 1. The zero-order valence-electron chi connectivity index (χ0n) is 9.40. The van der Waals surface area contributed by atoms with Crippen molar-refractivity contribution in [1.29, 1.82) is 0 Å². The van der Waals surface area contributed by atoms with E-state index in [1.165, 1.54) is 12.1 Å². The minimum Gasteiger partial charge on any atom is -0.396 e. The summed E-state index contributed by atoms with van der Waals surface area (Å²) in [6, 6.07) is 5.88. The number of halogens is 1. The van der Waals surface area contributed by atoms with Gasteiger partial charge in [-0.2, -0.15) is 0 Å². The topological polar surface area (TPSA) is 52.6 Å². The number of carbonyl (C=O) groups excluding carboxylic acids is 1. The Morgan fingerprint density at radius 2 is 2.06 bits per heavy atom. The highest BCUT2D eigenvalue weighted by Crippen LogP contribution is 2.14. The van der Waals surface area contributed by atoms with Crippen LogP contribution in [0.15, 0.2) is 24.3 Å². The highest BCUT2D eigenvalue weighted by molar-refractivity contribution is 5.75. The van der Waals surface area contributed by atoms with Gasteiger partial charge in [-0.15, -0.1) is 0 Å². The van der Waals surface area contributed by atoms with Crippen LogP contribution in [0.4, 0.5) is 9.18 Å². The third kappa shape index (κ3) is 2.94. The van der Waals surface area contributed by atoms with Crippen LogP contribution in [0.2, 0.25) is 0 Å². The molecule has 1 fully saturated rings. The summed E-state index contributed by atoms with van der Waals surface area (Å²) in [5.74, 6) is -0.0693. The van der Waals surface area contributed by atoms with Gasteiger partial charge in [-0.05, 0) is 17.7 Å². The van der Waals surface area contributed by atoms with Gasteiger partial charge in [0, 0.05) is 32.2 Å². The maximum Gasteiger partial charge on any atom is 0.317 e. The Morgan fingerprint density at radius 3 is 2.65 bits per heavy atom. The predicted molar refractivity (Wildman–Crippen MR) is 60.8 cm³/mol. The molecule has 1 aromatic rings. The van der Waals surface area contributed by atoms with Gasteiger partial charge < -0.3 is 15.3 Å². The summed E-state index contributed by atoms with van der Waals surface area (Å²) in [6.45, 7) is 1.72. The van der Waals surface area contributed by atoms with Crippen molar-refractivity contribution in [2.75, 3.05) is 19.7 Å². The molecule has 0 aromatic heterocycles. The van der Waals surface area contributed by atoms with E-state index in [0.717, 1.165) is 5.56 Å². The molecule has 2 N–H and O–H groups in total. The van der Waals surface area contributed by atoms with E-state index in [2.05, 4.69) is 5.32 Å². The predicted octanol–water partition coefficient (Wildman–Crippen LogP) is 0.959. The number of nitrogens with one attached hydrogen (secondary N) is 1. The van der Waals surface area contributed by atoms with Crippen molar-refractivity contribution in [3.63, 3.8) is 0 Å². The maximum atomic E-state index is 12.6. The molecular weight excluding hydrogens is 223 g/mol. The van der Waals surface area contributed by atoms with E-state index in [9.17, 15) is 9.18 Å². The summed E-state index contributed by atoms with van der Waals surface area (Å²) in [7, 11) is 0. The van der Waals surface area contributed by atoms with Crippen LogP contribution in [0.3, 0.4) is 0 Å². The Morgan fingerprint density at radius 1 is 1.41 bits per heavy atom. The second-order valence-electron chi connectivity index (χ2n) is 4.24. The molecule has 1 aliphatic rings. The largest absolute Gasteiger partial charge is 0.396 e. The van der Waals surface area contributed by atoms with Gasteiger partial charge in [0.15, 0.2) is 0 Å². The van der Waals surface area contributed by atoms with Crippen molar-refractivity contribution >= 4 is 6.03 Å². The molecule has 0 saturated carbocycles. The first-order valence-corrected chi connectivity index (χ1v) is 5.57. The van der Waals surface area contributed by atoms with E-state index in [4.69, 9.17) is 5.11 Å². The Balaban J connectivity index is 1.75. The van der Waals surface area contributed by atoms with Gasteiger partial charge in [-0.3, -0.25) is 0 Å². The fourth-order valence-corrected chi connectivity index (χ4v) is 1.74. The monoisotopic (exact) mass is 238 g/mol. The standard InChI is InChI=1S/C12H15FN2O2/c13-11-3-1-9(2-4-11)5-14-12(17)15-6-10(7-15)8-16/h1-4,10,16H,5-8H2,(H,14,17). The number of aliphatic hydroxyl groups is 1. The highest BCUT2D eigenvalue weighted by atomic mass is 19.1. The molecule has 2 amide bonds. The molecule has 1 aromatic carbocycles. The van der Waals surface area contributed by atoms with Crippen LogP contribution in [0, 0.1) is 11.7 Å². The van der Waals surface area contributed by atoms with Gasteiger partial charge in [-0.1, -0.05) is 12.1 Å². The fourth-order valence-electron chi connectivity index (χ4n) is 1.74. The van der Waals surface area contributed by atoms with Gasteiger partial charge >= 0.3 is 6.03 Å². The quantitative estimate of drug-likeness (QED) is 0.824. The normalized spacial score (nSPS) is 15.5. The first-order valence-electron chi connectivity index (χ1n) is 5.57. The summed E-state index contributed by atoms with van der Waals surface area (Å²) in [5, 5.41) is 11.6. The summed E-state index contributed by atoms with van der Waals surface area (Å²) >= 11 is 0. The Labute approximate surface area is 99.0 Å². The lowest BCUT2D eigenvalue weighted by atomic mass is 10.0. The first kappa shape index (κ1) is 11.9. The molecule has 5 heteroatoms. The Bertz CT molecular complexity index is 388. The van der Waals surface area contributed by atoms with Crippen LogP contribution in [-0.4, -0.2) is 35.7 Å². The molecule has 0 aliphatic carbocycles. The van der Waals surface area contributed by atoms with Crippen molar-refractivity contribution in [2.45, 2.75) is 6.54 Å². The number of nitrogens with zero attached hydrogens (tertiary/aromatic N) is 1. The molecule has 92 valence electrons. The second-order valence-corrected chi connectivity index (χ2v) is 4.24. The van der Waals surface area contributed by atoms with Gasteiger partial charge in [-0.25, -0.2) is 9.18 Å². The van der Waals surface area contributed by atoms with E-state index < -0.39 is 0 Å². The van der Waals surface area contributed by atoms with Crippen LogP contribution in [0.1, 0.15) is 5.56 Å². The highest BCUT2D eigenvalue weighted by Gasteiger charge is 2.29. The maximum absolute atomic E-state index is 12.6. The molecule has 1 heterocycles. The zero-order chi connectivity index (χ0) is 12.3. The SMILES string of the molecule is O=C(NCc1ccc(F)cc1)N1CC(CO)C1. The van der Waals surface area contributed by atoms with Gasteiger partial charge in [0.1, 0.15) is 5.82 Å². The third-order valence-corrected chi connectivity index (χ3v) is 2.86. The fraction of sp³-hybridized carbons (Fsp3) is 0.417. The van der Waals surface area contributed by atoms with Gasteiger partial charge in [0.05, 0.1) is 0 Å². The van der Waals surface area contributed by atoms with Crippen molar-refractivity contribution in [3.8, 4) is 0 Å². The minimum atomic E-state index is -0.284. The number of hydrogen-bond donors (Lipinski definition) is 2. The average Bonchev–Trinajstić information content (AvgIpc) is 2.27. The Kier molecular flexibility index (Phi) is 3.58. The minimum absolute atomic E-state index is 0.127. The zero-order valence-corrected chi connectivity index (χ0v) is 9.40. The van der Waals surface area contributed by atoms with Crippen molar-refractivity contribution in [1.82, 2.24) is 10.2 Å². The molecule has 0 atom stereocenters. The molecule has 17 heavy (non-hydrogen) atoms. The lowest BCUT2D eigenvalue weighted by Crippen LogP contribution is -2.54. The first-order chi connectivity index (χ1) is 8.19. The summed E-state index contributed by atoms with van der Waals surface area (Å²) in [5.41, 5.74) is 0.860. The third-order valence-electron chi connectivity index (χ3n) is 2.86. The number of urea groups is 1. The smallest absolute Gasteiger partial charge is 0.317 e. The lowest BCUT2D eigenvalue weighted by Gasteiger charge is -2.38. The van der Waals surface area contributed by atoms with Crippen molar-refractivity contribution < 1.29 is 14.3 Å². The van der Waals surface area contributed by atoms with E-state index in [1.807, 2.05) is 0 Å². The average molecular weight is 238 g/mol. The molecule has 1 saturated heterocycles. The molecule has 0 radical (unpaired) electrons. The van der Waals surface area contributed by atoms with Gasteiger partial charge in [0.25, 0.3) is 0 Å². The molecule has 2 rings (SSSR count). The van der Waals surface area contributed by atoms with Crippen LogP contribution in [0.5, 0.6) is 0 Å². The van der Waals surface area contributed by atoms with Crippen LogP contribution >= 0.6 is 0 Å². The van der Waals surface area contributed by atoms with Crippen LogP contribution < -0.4 is 5.32 Å². The summed E-state index contributed by atoms with van der Waals surface area (Å²) in [4.78, 5) is 13.2.